The van der Waals surface area contributed by atoms with Crippen molar-refractivity contribution in [2.24, 2.45) is 0 Å². The molecule has 2 N–H and O–H groups in total. The lowest BCUT2D eigenvalue weighted by Gasteiger charge is -2.36. The highest BCUT2D eigenvalue weighted by Crippen LogP contribution is 2.19. The summed E-state index contributed by atoms with van der Waals surface area (Å²) < 4.78 is 30.5. The number of anilines is 2. The molecule has 12 heteroatoms. The first-order valence-electron chi connectivity index (χ1n) is 15.9. The zero-order valence-electron chi connectivity index (χ0n) is 27.0. The van der Waals surface area contributed by atoms with Gasteiger partial charge in [-0.2, -0.15) is 0 Å². The number of nitrogens with one attached hydrogen (secondary N) is 2. The normalized spacial score (nSPS) is 14.5. The molecule has 1 aromatic heterocycles. The number of aromatic nitrogens is 2. The maximum Gasteiger partial charge on any atom is 0.325 e. The minimum Gasteiger partial charge on any atom is -0.459 e. The van der Waals surface area contributed by atoms with Gasteiger partial charge in [0.2, 0.25) is 5.95 Å². The number of nitrogens with zero attached hydrogens (tertiary/aromatic N) is 4. The third-order valence-corrected chi connectivity index (χ3v) is 9.42. The van der Waals surface area contributed by atoms with Gasteiger partial charge in [0.25, 0.3) is 5.91 Å². The number of hydrogen-bond acceptors (Lipinski definition) is 10. The van der Waals surface area contributed by atoms with Gasteiger partial charge < -0.3 is 25.2 Å². The lowest BCUT2D eigenvalue weighted by molar-refractivity contribution is -0.157. The SMILES string of the molecule is CC(C)(C)OC(=O)C(CNC(=O)c1ccc(N2CCN(c3ncccn3)CC2)cc1)NCCCCCCS(=O)(=O)c1ccccc1. The number of unbranched alkanes of at least 4 members (excludes halogenated alkanes) is 3. The average Bonchev–Trinajstić information content (AvgIpc) is 3.05. The molecule has 1 unspecified atom stereocenters. The number of ether oxygens (including phenoxy) is 1. The number of rotatable bonds is 15. The molecule has 1 atom stereocenters. The molecule has 11 nitrogen and oxygen atoms in total. The van der Waals surface area contributed by atoms with E-state index in [4.69, 9.17) is 4.74 Å². The van der Waals surface area contributed by atoms with Crippen molar-refractivity contribution in [3.8, 4) is 0 Å². The van der Waals surface area contributed by atoms with Crippen LogP contribution in [-0.2, 0) is 19.4 Å². The fourth-order valence-electron chi connectivity index (χ4n) is 5.14. The van der Waals surface area contributed by atoms with E-state index in [1.54, 1.807) is 75.6 Å². The Morgan fingerprint density at radius 2 is 1.48 bits per heavy atom. The molecule has 248 valence electrons. The van der Waals surface area contributed by atoms with Crippen molar-refractivity contribution >= 4 is 33.3 Å². The molecule has 2 heterocycles. The molecule has 0 bridgehead atoms. The van der Waals surface area contributed by atoms with Crippen molar-refractivity contribution < 1.29 is 22.7 Å². The molecular formula is C34H46N6O5S. The van der Waals surface area contributed by atoms with E-state index in [9.17, 15) is 18.0 Å². The molecule has 1 amide bonds. The number of benzene rings is 2. The van der Waals surface area contributed by atoms with Crippen LogP contribution in [0, 0.1) is 0 Å². The van der Waals surface area contributed by atoms with Crippen LogP contribution in [0.1, 0.15) is 56.8 Å². The van der Waals surface area contributed by atoms with Crippen molar-refractivity contribution in [3.63, 3.8) is 0 Å². The smallest absolute Gasteiger partial charge is 0.325 e. The van der Waals surface area contributed by atoms with Crippen LogP contribution in [0.3, 0.4) is 0 Å². The summed E-state index contributed by atoms with van der Waals surface area (Å²) in [5.41, 5.74) is 0.880. The van der Waals surface area contributed by atoms with E-state index >= 15 is 0 Å². The summed E-state index contributed by atoms with van der Waals surface area (Å²) >= 11 is 0. The number of carbonyl (C=O) groups excluding carboxylic acids is 2. The Labute approximate surface area is 272 Å². The van der Waals surface area contributed by atoms with Gasteiger partial charge >= 0.3 is 5.97 Å². The van der Waals surface area contributed by atoms with Gasteiger partial charge in [0.05, 0.1) is 10.6 Å². The van der Waals surface area contributed by atoms with Crippen LogP contribution in [0.4, 0.5) is 11.6 Å². The van der Waals surface area contributed by atoms with Gasteiger partial charge in [0, 0.05) is 56.4 Å². The topological polar surface area (TPSA) is 134 Å². The van der Waals surface area contributed by atoms with E-state index in [0.29, 0.717) is 23.4 Å². The van der Waals surface area contributed by atoms with Crippen LogP contribution in [0.2, 0.25) is 0 Å². The van der Waals surface area contributed by atoms with Gasteiger partial charge in [-0.1, -0.05) is 31.0 Å². The van der Waals surface area contributed by atoms with E-state index < -0.39 is 27.4 Å². The summed E-state index contributed by atoms with van der Waals surface area (Å²) in [4.78, 5) is 39.4. The summed E-state index contributed by atoms with van der Waals surface area (Å²) in [6.07, 6.45) is 6.39. The summed E-state index contributed by atoms with van der Waals surface area (Å²) in [6.45, 7) is 9.28. The third kappa shape index (κ3) is 10.8. The van der Waals surface area contributed by atoms with E-state index in [-0.39, 0.29) is 18.2 Å². The van der Waals surface area contributed by atoms with E-state index in [2.05, 4.69) is 30.4 Å². The van der Waals surface area contributed by atoms with Crippen LogP contribution >= 0.6 is 0 Å². The van der Waals surface area contributed by atoms with Gasteiger partial charge in [-0.15, -0.1) is 0 Å². The molecule has 0 aliphatic carbocycles. The second-order valence-corrected chi connectivity index (χ2v) is 14.5. The molecule has 46 heavy (non-hydrogen) atoms. The summed E-state index contributed by atoms with van der Waals surface area (Å²) in [5.74, 6) is 0.142. The van der Waals surface area contributed by atoms with Crippen LogP contribution in [0.25, 0.3) is 0 Å². The molecular weight excluding hydrogens is 604 g/mol. The first-order valence-corrected chi connectivity index (χ1v) is 17.6. The third-order valence-electron chi connectivity index (χ3n) is 7.60. The molecule has 1 fully saturated rings. The van der Waals surface area contributed by atoms with E-state index in [1.165, 1.54) is 0 Å². The van der Waals surface area contributed by atoms with Crippen molar-refractivity contribution in [1.29, 1.82) is 0 Å². The van der Waals surface area contributed by atoms with Crippen molar-refractivity contribution in [1.82, 2.24) is 20.6 Å². The molecule has 0 radical (unpaired) electrons. The number of hydrogen-bond donors (Lipinski definition) is 2. The Bertz CT molecular complexity index is 1490. The molecule has 2 aromatic carbocycles. The Morgan fingerprint density at radius 3 is 2.13 bits per heavy atom. The predicted octanol–water partition coefficient (Wildman–Crippen LogP) is 3.87. The average molecular weight is 651 g/mol. The number of sulfone groups is 1. The lowest BCUT2D eigenvalue weighted by Crippen LogP contribution is -2.48. The maximum absolute atomic E-state index is 13.0. The molecule has 0 spiro atoms. The van der Waals surface area contributed by atoms with Crippen molar-refractivity contribution in [2.75, 3.05) is 54.8 Å². The van der Waals surface area contributed by atoms with Crippen LogP contribution in [0.15, 0.2) is 78.0 Å². The number of piperazine rings is 1. The number of carbonyl (C=O) groups is 2. The molecule has 3 aromatic rings. The first-order chi connectivity index (χ1) is 22.0. The highest BCUT2D eigenvalue weighted by Gasteiger charge is 2.26. The zero-order valence-corrected chi connectivity index (χ0v) is 27.8. The van der Waals surface area contributed by atoms with Gasteiger partial charge in [-0.05, 0) is 82.6 Å². The monoisotopic (exact) mass is 650 g/mol. The number of amides is 1. The van der Waals surface area contributed by atoms with Crippen molar-refractivity contribution in [2.45, 2.75) is 63.0 Å². The lowest BCUT2D eigenvalue weighted by atomic mass is 10.1. The Kier molecular flexibility index (Phi) is 12.5. The summed E-state index contributed by atoms with van der Waals surface area (Å²) in [7, 11) is -3.28. The minimum atomic E-state index is -3.28. The predicted molar refractivity (Wildman–Crippen MR) is 180 cm³/mol. The largest absolute Gasteiger partial charge is 0.459 e. The Balaban J connectivity index is 1.21. The van der Waals surface area contributed by atoms with Gasteiger partial charge in [-0.3, -0.25) is 9.59 Å². The molecule has 1 saturated heterocycles. The summed E-state index contributed by atoms with van der Waals surface area (Å²) in [5, 5.41) is 6.10. The zero-order chi connectivity index (χ0) is 33.0. The van der Waals surface area contributed by atoms with E-state index in [1.807, 2.05) is 18.2 Å². The van der Waals surface area contributed by atoms with Gasteiger partial charge in [0.15, 0.2) is 9.84 Å². The maximum atomic E-state index is 13.0. The molecule has 1 aliphatic heterocycles. The second kappa shape index (κ2) is 16.5. The first kappa shape index (κ1) is 34.8. The van der Waals surface area contributed by atoms with Crippen LogP contribution in [-0.4, -0.2) is 86.9 Å². The van der Waals surface area contributed by atoms with Crippen LogP contribution in [0.5, 0.6) is 0 Å². The molecule has 0 saturated carbocycles. The van der Waals surface area contributed by atoms with Gasteiger partial charge in [-0.25, -0.2) is 18.4 Å². The van der Waals surface area contributed by atoms with E-state index in [0.717, 1.165) is 57.1 Å². The quantitative estimate of drug-likeness (QED) is 0.185. The standard InChI is InChI=1S/C34H46N6O5S/c1-34(2,3)45-32(42)30(35-18-9-4-5-10-25-46(43,44)29-12-7-6-8-13-29)26-38-31(41)27-14-16-28(17-15-27)39-21-23-40(24-22-39)33-36-19-11-20-37-33/h6-8,11-17,19-20,30,35H,4-5,9-10,18,21-26H2,1-3H3,(H,38,41). The molecule has 1 aliphatic rings. The van der Waals surface area contributed by atoms with Crippen molar-refractivity contribution in [3.05, 3.63) is 78.6 Å². The molecule has 4 rings (SSSR count). The highest BCUT2D eigenvalue weighted by atomic mass is 32.2. The number of esters is 1. The van der Waals surface area contributed by atoms with Crippen LogP contribution < -0.4 is 20.4 Å². The highest BCUT2D eigenvalue weighted by molar-refractivity contribution is 7.91. The fraction of sp³-hybridized carbons (Fsp3) is 0.471. The van der Waals surface area contributed by atoms with Gasteiger partial charge in [0.1, 0.15) is 11.6 Å². The Hall–Kier alpha value is -4.03. The summed E-state index contributed by atoms with van der Waals surface area (Å²) in [6, 6.07) is 17.1. The Morgan fingerprint density at radius 1 is 0.848 bits per heavy atom. The second-order valence-electron chi connectivity index (χ2n) is 12.4. The minimum absolute atomic E-state index is 0.0777. The fourth-order valence-corrected chi connectivity index (χ4v) is 6.54.